The number of aliphatic hydroxyl groups is 3. The van der Waals surface area contributed by atoms with E-state index in [9.17, 15) is 10.2 Å². The molecule has 0 bridgehead atoms. The molecule has 3 N–H and O–H groups in total. The van der Waals surface area contributed by atoms with Crippen LogP contribution in [0.1, 0.15) is 110 Å². The van der Waals surface area contributed by atoms with Crippen LogP contribution in [0.4, 0.5) is 0 Å². The van der Waals surface area contributed by atoms with Crippen molar-refractivity contribution in [2.24, 2.45) is 0 Å². The van der Waals surface area contributed by atoms with Crippen LogP contribution in [0.25, 0.3) is 0 Å². The Bertz CT molecular complexity index is 265. The molecule has 0 rings (SSSR count). The molecule has 2 unspecified atom stereocenters. The molecular formula is C23H49NO3. The Kier molecular flexibility index (Phi) is 20.4. The van der Waals surface area contributed by atoms with Crippen molar-refractivity contribution >= 4 is 0 Å². The lowest BCUT2D eigenvalue weighted by Gasteiger charge is -2.27. The molecule has 0 aliphatic carbocycles. The minimum Gasteiger partial charge on any atom is -0.396 e. The van der Waals surface area contributed by atoms with Crippen molar-refractivity contribution in [1.29, 1.82) is 0 Å². The molecule has 0 saturated carbocycles. The molecular weight excluding hydrogens is 338 g/mol. The minimum absolute atomic E-state index is 0.164. The number of hydrogen-bond acceptors (Lipinski definition) is 4. The normalized spacial score (nSPS) is 14.0. The first kappa shape index (κ1) is 26.8. The van der Waals surface area contributed by atoms with Crippen molar-refractivity contribution in [3.05, 3.63) is 0 Å². The molecule has 0 fully saturated rings. The first-order chi connectivity index (χ1) is 13.1. The molecule has 0 aliphatic rings. The molecule has 0 saturated heterocycles. The Balaban J connectivity index is 3.95. The summed E-state index contributed by atoms with van der Waals surface area (Å²) >= 11 is 0. The maximum absolute atomic E-state index is 10.3. The van der Waals surface area contributed by atoms with Crippen LogP contribution in [0, 0.1) is 0 Å². The summed E-state index contributed by atoms with van der Waals surface area (Å²) in [6.07, 6.45) is 16.6. The van der Waals surface area contributed by atoms with Gasteiger partial charge in [0, 0.05) is 26.2 Å². The van der Waals surface area contributed by atoms with E-state index in [0.717, 1.165) is 32.2 Å². The lowest BCUT2D eigenvalue weighted by Crippen LogP contribution is -2.39. The smallest absolute Gasteiger partial charge is 0.0667 e. The SMILES string of the molecule is CCCCCCCCC(O)CN(CCCO)CC(O)CCCCCCCC. The molecule has 0 radical (unpaired) electrons. The summed E-state index contributed by atoms with van der Waals surface area (Å²) in [5, 5.41) is 29.8. The number of hydrogen-bond donors (Lipinski definition) is 3. The fraction of sp³-hybridized carbons (Fsp3) is 1.00. The molecule has 0 aromatic rings. The second-order valence-electron chi connectivity index (χ2n) is 8.26. The monoisotopic (exact) mass is 387 g/mol. The van der Waals surface area contributed by atoms with Crippen LogP contribution in [0.15, 0.2) is 0 Å². The fourth-order valence-corrected chi connectivity index (χ4v) is 3.65. The van der Waals surface area contributed by atoms with Crippen molar-refractivity contribution < 1.29 is 15.3 Å². The summed E-state index contributed by atoms with van der Waals surface area (Å²) in [5.41, 5.74) is 0. The van der Waals surface area contributed by atoms with Gasteiger partial charge in [-0.3, -0.25) is 4.90 Å². The fourth-order valence-electron chi connectivity index (χ4n) is 3.65. The summed E-state index contributed by atoms with van der Waals surface area (Å²) in [6.45, 7) is 6.59. The molecule has 27 heavy (non-hydrogen) atoms. The molecule has 4 heteroatoms. The Hall–Kier alpha value is -0.160. The highest BCUT2D eigenvalue weighted by Gasteiger charge is 2.15. The van der Waals surface area contributed by atoms with Gasteiger partial charge in [-0.25, -0.2) is 0 Å². The van der Waals surface area contributed by atoms with Gasteiger partial charge in [0.1, 0.15) is 0 Å². The number of nitrogens with zero attached hydrogens (tertiary/aromatic N) is 1. The Morgan fingerprint density at radius 3 is 1.41 bits per heavy atom. The van der Waals surface area contributed by atoms with Gasteiger partial charge in [-0.1, -0.05) is 90.9 Å². The van der Waals surface area contributed by atoms with Gasteiger partial charge < -0.3 is 15.3 Å². The highest BCUT2D eigenvalue weighted by molar-refractivity contribution is 4.70. The number of unbranched alkanes of at least 4 members (excludes halogenated alkanes) is 10. The van der Waals surface area contributed by atoms with Crippen LogP contribution in [0.3, 0.4) is 0 Å². The zero-order valence-corrected chi connectivity index (χ0v) is 18.4. The molecule has 0 heterocycles. The summed E-state index contributed by atoms with van der Waals surface area (Å²) in [7, 11) is 0. The van der Waals surface area contributed by atoms with E-state index in [4.69, 9.17) is 5.11 Å². The first-order valence-electron chi connectivity index (χ1n) is 11.8. The second-order valence-corrected chi connectivity index (χ2v) is 8.26. The molecule has 2 atom stereocenters. The molecule has 0 aromatic heterocycles. The van der Waals surface area contributed by atoms with Crippen LogP contribution < -0.4 is 0 Å². The van der Waals surface area contributed by atoms with E-state index in [2.05, 4.69) is 18.7 Å². The third kappa shape index (κ3) is 18.9. The van der Waals surface area contributed by atoms with Crippen molar-refractivity contribution in [3.63, 3.8) is 0 Å². The van der Waals surface area contributed by atoms with Crippen LogP contribution in [-0.4, -0.2) is 58.7 Å². The topological polar surface area (TPSA) is 63.9 Å². The molecule has 0 aromatic carbocycles. The highest BCUT2D eigenvalue weighted by atomic mass is 16.3. The van der Waals surface area contributed by atoms with Crippen molar-refractivity contribution in [3.8, 4) is 0 Å². The summed E-state index contributed by atoms with van der Waals surface area (Å²) < 4.78 is 0. The maximum Gasteiger partial charge on any atom is 0.0667 e. The molecule has 0 spiro atoms. The van der Waals surface area contributed by atoms with Gasteiger partial charge >= 0.3 is 0 Å². The summed E-state index contributed by atoms with van der Waals surface area (Å²) in [5.74, 6) is 0. The molecule has 164 valence electrons. The van der Waals surface area contributed by atoms with Gasteiger partial charge in [-0.15, -0.1) is 0 Å². The van der Waals surface area contributed by atoms with Gasteiger partial charge in [0.25, 0.3) is 0 Å². The van der Waals surface area contributed by atoms with Crippen LogP contribution in [0.2, 0.25) is 0 Å². The average molecular weight is 388 g/mol. The number of aliphatic hydroxyl groups excluding tert-OH is 3. The lowest BCUT2D eigenvalue weighted by molar-refractivity contribution is 0.0573. The van der Waals surface area contributed by atoms with Gasteiger partial charge in [0.05, 0.1) is 12.2 Å². The van der Waals surface area contributed by atoms with Gasteiger partial charge in [0.2, 0.25) is 0 Å². The van der Waals surface area contributed by atoms with Gasteiger partial charge in [0.15, 0.2) is 0 Å². The second kappa shape index (κ2) is 20.6. The van der Waals surface area contributed by atoms with E-state index in [1.54, 1.807) is 0 Å². The van der Waals surface area contributed by atoms with Crippen molar-refractivity contribution in [1.82, 2.24) is 4.90 Å². The standard InChI is InChI=1S/C23H49NO3/c1-3-5-7-9-11-13-16-22(26)20-24(18-15-19-25)21-23(27)17-14-12-10-8-6-4-2/h22-23,25-27H,3-21H2,1-2H3. The van der Waals surface area contributed by atoms with Crippen LogP contribution in [-0.2, 0) is 0 Å². The van der Waals surface area contributed by atoms with Crippen LogP contribution >= 0.6 is 0 Å². The van der Waals surface area contributed by atoms with Crippen molar-refractivity contribution in [2.75, 3.05) is 26.2 Å². The first-order valence-corrected chi connectivity index (χ1v) is 11.8. The van der Waals surface area contributed by atoms with E-state index in [-0.39, 0.29) is 18.8 Å². The zero-order valence-electron chi connectivity index (χ0n) is 18.4. The van der Waals surface area contributed by atoms with Crippen LogP contribution in [0.5, 0.6) is 0 Å². The minimum atomic E-state index is -0.323. The Morgan fingerprint density at radius 1 is 0.593 bits per heavy atom. The highest BCUT2D eigenvalue weighted by Crippen LogP contribution is 2.12. The van der Waals surface area contributed by atoms with Crippen molar-refractivity contribution in [2.45, 2.75) is 122 Å². The Labute approximate surface area is 169 Å². The van der Waals surface area contributed by atoms with E-state index in [1.807, 2.05) is 0 Å². The van der Waals surface area contributed by atoms with E-state index < -0.39 is 0 Å². The quantitative estimate of drug-likeness (QED) is 0.245. The maximum atomic E-state index is 10.3. The predicted molar refractivity (Wildman–Crippen MR) is 116 cm³/mol. The van der Waals surface area contributed by atoms with E-state index in [1.165, 1.54) is 64.2 Å². The van der Waals surface area contributed by atoms with E-state index in [0.29, 0.717) is 19.5 Å². The average Bonchev–Trinajstić information content (AvgIpc) is 2.65. The molecule has 4 nitrogen and oxygen atoms in total. The summed E-state index contributed by atoms with van der Waals surface area (Å²) in [6, 6.07) is 0. The third-order valence-corrected chi connectivity index (χ3v) is 5.35. The lowest BCUT2D eigenvalue weighted by atomic mass is 10.1. The molecule has 0 aliphatic heterocycles. The van der Waals surface area contributed by atoms with Gasteiger partial charge in [-0.05, 0) is 19.3 Å². The number of rotatable bonds is 21. The molecule has 0 amide bonds. The zero-order chi connectivity index (χ0) is 20.2. The Morgan fingerprint density at radius 2 is 1.00 bits per heavy atom. The third-order valence-electron chi connectivity index (χ3n) is 5.35. The van der Waals surface area contributed by atoms with Gasteiger partial charge in [-0.2, -0.15) is 0 Å². The predicted octanol–water partition coefficient (Wildman–Crippen LogP) is 4.89. The van der Waals surface area contributed by atoms with E-state index >= 15 is 0 Å². The largest absolute Gasteiger partial charge is 0.396 e. The summed E-state index contributed by atoms with van der Waals surface area (Å²) in [4.78, 5) is 2.14.